The number of nitrogens with one attached hydrogen (secondary N) is 1. The summed E-state index contributed by atoms with van der Waals surface area (Å²) in [5.74, 6) is -2.36. The number of aromatic nitrogens is 2. The average Bonchev–Trinajstić information content (AvgIpc) is 2.64. The van der Waals surface area contributed by atoms with Crippen LogP contribution in [0.4, 0.5) is 19.3 Å². The van der Waals surface area contributed by atoms with E-state index >= 15 is 0 Å². The Balaban J connectivity index is 1.71. The number of nitrogens with zero attached hydrogens (tertiary/aromatic N) is 3. The maximum absolute atomic E-state index is 13.6. The standard InChI is InChI=1S/C18H18F2N4O4/c1-2-28-18(27)23-6-5-14-11(9-23)7-17(26)24(22-14)10-16(25)21-15-4-3-12(19)8-13(15)20/h3-4,7-8H,2,5-6,9-10H2,1H3,(H,21,25). The molecule has 3 rings (SSSR count). The fourth-order valence-corrected chi connectivity index (χ4v) is 2.84. The van der Waals surface area contributed by atoms with Crippen molar-refractivity contribution in [3.63, 3.8) is 0 Å². The molecule has 1 aliphatic heterocycles. The van der Waals surface area contributed by atoms with Gasteiger partial charge in [0.2, 0.25) is 5.91 Å². The Morgan fingerprint density at radius 1 is 1.29 bits per heavy atom. The van der Waals surface area contributed by atoms with Crippen LogP contribution in [0.3, 0.4) is 0 Å². The van der Waals surface area contributed by atoms with Crippen LogP contribution in [0.1, 0.15) is 18.2 Å². The smallest absolute Gasteiger partial charge is 0.410 e. The number of ether oxygens (including phenoxy) is 1. The highest BCUT2D eigenvalue weighted by molar-refractivity contribution is 5.90. The molecule has 1 aliphatic rings. The van der Waals surface area contributed by atoms with Crippen LogP contribution in [-0.2, 0) is 29.0 Å². The summed E-state index contributed by atoms with van der Waals surface area (Å²) in [6, 6.07) is 4.07. The van der Waals surface area contributed by atoms with E-state index in [9.17, 15) is 23.2 Å². The minimum atomic E-state index is -0.918. The molecule has 1 N–H and O–H groups in total. The molecule has 2 amide bonds. The molecule has 8 nitrogen and oxygen atoms in total. The lowest BCUT2D eigenvalue weighted by Gasteiger charge is -2.27. The van der Waals surface area contributed by atoms with Gasteiger partial charge in [-0.3, -0.25) is 9.59 Å². The molecule has 148 valence electrons. The third kappa shape index (κ3) is 4.33. The quantitative estimate of drug-likeness (QED) is 0.855. The van der Waals surface area contributed by atoms with E-state index in [0.29, 0.717) is 30.3 Å². The van der Waals surface area contributed by atoms with Crippen molar-refractivity contribution in [1.82, 2.24) is 14.7 Å². The summed E-state index contributed by atoms with van der Waals surface area (Å²) >= 11 is 0. The maximum atomic E-state index is 13.6. The largest absolute Gasteiger partial charge is 0.450 e. The Kier molecular flexibility index (Phi) is 5.67. The number of amides is 2. The highest BCUT2D eigenvalue weighted by Gasteiger charge is 2.24. The van der Waals surface area contributed by atoms with Gasteiger partial charge in [-0.25, -0.2) is 18.3 Å². The SMILES string of the molecule is CCOC(=O)N1CCc2nn(CC(=O)Nc3ccc(F)cc3F)c(=O)cc2C1. The summed E-state index contributed by atoms with van der Waals surface area (Å²) in [6.45, 7) is 2.11. The van der Waals surface area contributed by atoms with E-state index in [1.54, 1.807) is 6.92 Å². The van der Waals surface area contributed by atoms with Gasteiger partial charge < -0.3 is 15.0 Å². The van der Waals surface area contributed by atoms with Gasteiger partial charge in [0.1, 0.15) is 18.2 Å². The van der Waals surface area contributed by atoms with Gasteiger partial charge in [-0.05, 0) is 19.1 Å². The second-order valence-corrected chi connectivity index (χ2v) is 6.15. The Morgan fingerprint density at radius 2 is 2.07 bits per heavy atom. The van der Waals surface area contributed by atoms with Gasteiger partial charge in [-0.1, -0.05) is 0 Å². The number of carbonyl (C=O) groups is 2. The van der Waals surface area contributed by atoms with E-state index in [2.05, 4.69) is 10.4 Å². The molecule has 0 unspecified atom stereocenters. The van der Waals surface area contributed by atoms with Gasteiger partial charge in [0, 0.05) is 30.7 Å². The molecule has 2 heterocycles. The summed E-state index contributed by atoms with van der Waals surface area (Å²) in [5, 5.41) is 6.46. The highest BCUT2D eigenvalue weighted by atomic mass is 19.1. The number of fused-ring (bicyclic) bond motifs is 1. The summed E-state index contributed by atoms with van der Waals surface area (Å²) < 4.78 is 32.5. The van der Waals surface area contributed by atoms with Gasteiger partial charge in [-0.15, -0.1) is 0 Å². The van der Waals surface area contributed by atoms with Crippen molar-refractivity contribution in [1.29, 1.82) is 0 Å². The minimum absolute atomic E-state index is 0.192. The van der Waals surface area contributed by atoms with Crippen molar-refractivity contribution >= 4 is 17.7 Å². The lowest BCUT2D eigenvalue weighted by Crippen LogP contribution is -2.39. The van der Waals surface area contributed by atoms with Crippen LogP contribution in [-0.4, -0.2) is 39.8 Å². The van der Waals surface area contributed by atoms with E-state index in [-0.39, 0.29) is 18.8 Å². The molecule has 10 heteroatoms. The van der Waals surface area contributed by atoms with E-state index < -0.39 is 35.7 Å². The average molecular weight is 392 g/mol. The Hall–Kier alpha value is -3.30. The summed E-state index contributed by atoms with van der Waals surface area (Å²) in [7, 11) is 0. The Morgan fingerprint density at radius 3 is 2.79 bits per heavy atom. The number of rotatable bonds is 4. The Bertz CT molecular complexity index is 977. The third-order valence-electron chi connectivity index (χ3n) is 4.17. The van der Waals surface area contributed by atoms with Gasteiger partial charge >= 0.3 is 6.09 Å². The number of anilines is 1. The maximum Gasteiger partial charge on any atom is 0.410 e. The van der Waals surface area contributed by atoms with E-state index in [4.69, 9.17) is 4.74 Å². The first-order valence-electron chi connectivity index (χ1n) is 8.64. The van der Waals surface area contributed by atoms with Crippen LogP contribution in [0, 0.1) is 11.6 Å². The number of benzene rings is 1. The van der Waals surface area contributed by atoms with E-state index in [0.717, 1.165) is 16.8 Å². The zero-order chi connectivity index (χ0) is 20.3. The number of hydrogen-bond acceptors (Lipinski definition) is 5. The van der Waals surface area contributed by atoms with Gasteiger partial charge in [0.25, 0.3) is 5.56 Å². The van der Waals surface area contributed by atoms with Crippen LogP contribution >= 0.6 is 0 Å². The summed E-state index contributed by atoms with van der Waals surface area (Å²) in [6.07, 6.45) is -0.0548. The van der Waals surface area contributed by atoms with Crippen molar-refractivity contribution in [2.24, 2.45) is 0 Å². The third-order valence-corrected chi connectivity index (χ3v) is 4.17. The monoisotopic (exact) mass is 392 g/mol. The second kappa shape index (κ2) is 8.15. The lowest BCUT2D eigenvalue weighted by molar-refractivity contribution is -0.117. The van der Waals surface area contributed by atoms with Crippen molar-refractivity contribution in [3.05, 3.63) is 57.5 Å². The molecule has 0 atom stereocenters. The van der Waals surface area contributed by atoms with Crippen molar-refractivity contribution in [2.75, 3.05) is 18.5 Å². The zero-order valence-electron chi connectivity index (χ0n) is 15.1. The second-order valence-electron chi connectivity index (χ2n) is 6.15. The topological polar surface area (TPSA) is 93.5 Å². The molecule has 2 aromatic rings. The highest BCUT2D eigenvalue weighted by Crippen LogP contribution is 2.17. The van der Waals surface area contributed by atoms with Crippen molar-refractivity contribution in [3.8, 4) is 0 Å². The molecule has 0 spiro atoms. The first kappa shape index (κ1) is 19.5. The number of halogens is 2. The molecule has 0 fully saturated rings. The lowest BCUT2D eigenvalue weighted by atomic mass is 10.1. The van der Waals surface area contributed by atoms with E-state index in [1.165, 1.54) is 11.0 Å². The molecule has 1 aromatic heterocycles. The molecule has 28 heavy (non-hydrogen) atoms. The van der Waals surface area contributed by atoms with Crippen molar-refractivity contribution < 1.29 is 23.1 Å². The zero-order valence-corrected chi connectivity index (χ0v) is 15.1. The fraction of sp³-hybridized carbons (Fsp3) is 0.333. The summed E-state index contributed by atoms with van der Waals surface area (Å²) in [5.41, 5.74) is 0.466. The van der Waals surface area contributed by atoms with Gasteiger partial charge in [0.15, 0.2) is 0 Å². The molecule has 0 bridgehead atoms. The molecular weight excluding hydrogens is 374 g/mol. The van der Waals surface area contributed by atoms with Crippen LogP contribution in [0.5, 0.6) is 0 Å². The molecule has 0 radical (unpaired) electrons. The first-order valence-corrected chi connectivity index (χ1v) is 8.64. The molecule has 0 saturated carbocycles. The molecular formula is C18H18F2N4O4. The predicted molar refractivity (Wildman–Crippen MR) is 94.6 cm³/mol. The van der Waals surface area contributed by atoms with Crippen LogP contribution in [0.2, 0.25) is 0 Å². The van der Waals surface area contributed by atoms with Crippen molar-refractivity contribution in [2.45, 2.75) is 26.4 Å². The van der Waals surface area contributed by atoms with Crippen LogP contribution in [0.25, 0.3) is 0 Å². The molecule has 0 aliphatic carbocycles. The number of carbonyl (C=O) groups excluding carboxylic acids is 2. The first-order chi connectivity index (χ1) is 13.4. The van der Waals surface area contributed by atoms with E-state index in [1.807, 2.05) is 0 Å². The summed E-state index contributed by atoms with van der Waals surface area (Å²) in [4.78, 5) is 37.7. The van der Waals surface area contributed by atoms with Crippen LogP contribution < -0.4 is 10.9 Å². The predicted octanol–water partition coefficient (Wildman–Crippen LogP) is 1.67. The Labute approximate surface area is 158 Å². The minimum Gasteiger partial charge on any atom is -0.450 e. The molecule has 0 saturated heterocycles. The normalized spacial score (nSPS) is 13.0. The number of hydrogen-bond donors (Lipinski definition) is 1. The van der Waals surface area contributed by atoms with Crippen LogP contribution in [0.15, 0.2) is 29.1 Å². The van der Waals surface area contributed by atoms with Gasteiger partial charge in [-0.2, -0.15) is 5.10 Å². The fourth-order valence-electron chi connectivity index (χ4n) is 2.84. The van der Waals surface area contributed by atoms with Gasteiger partial charge in [0.05, 0.1) is 24.5 Å². The molecule has 1 aromatic carbocycles.